The van der Waals surface area contributed by atoms with Gasteiger partial charge in [0, 0.05) is 11.4 Å². The Morgan fingerprint density at radius 2 is 2.29 bits per heavy atom. The maximum absolute atomic E-state index is 9.93. The quantitative estimate of drug-likeness (QED) is 0.700. The van der Waals surface area contributed by atoms with Crippen molar-refractivity contribution in [2.24, 2.45) is 0 Å². The number of carbonyl (C=O) groups excluding carboxylic acids is 1. The third-order valence-corrected chi connectivity index (χ3v) is 2.05. The largest absolute Gasteiger partial charge is 0.493 e. The molecule has 1 aromatic rings. The van der Waals surface area contributed by atoms with Crippen LogP contribution in [0, 0.1) is 6.92 Å². The van der Waals surface area contributed by atoms with E-state index in [2.05, 4.69) is 0 Å². The highest BCUT2D eigenvalue weighted by molar-refractivity contribution is 6.30. The molecule has 75 valence electrons. The molecule has 0 unspecified atom stereocenters. The molecule has 1 aromatic carbocycles. The van der Waals surface area contributed by atoms with Crippen molar-refractivity contribution < 1.29 is 9.53 Å². The molecule has 0 aliphatic rings. The van der Waals surface area contributed by atoms with E-state index in [1.165, 1.54) is 0 Å². The summed E-state index contributed by atoms with van der Waals surface area (Å²) in [7, 11) is 0. The molecule has 0 saturated carbocycles. The Bertz CT molecular complexity index is 310. The van der Waals surface area contributed by atoms with E-state index >= 15 is 0 Å². The second-order valence-corrected chi connectivity index (χ2v) is 3.44. The first-order chi connectivity index (χ1) is 6.74. The zero-order valence-corrected chi connectivity index (χ0v) is 8.80. The van der Waals surface area contributed by atoms with Crippen LogP contribution < -0.4 is 4.74 Å². The fourth-order valence-corrected chi connectivity index (χ4v) is 1.33. The van der Waals surface area contributed by atoms with Gasteiger partial charge < -0.3 is 4.74 Å². The molecule has 2 nitrogen and oxygen atoms in total. The van der Waals surface area contributed by atoms with Gasteiger partial charge in [0.05, 0.1) is 6.61 Å². The number of aryl methyl sites for hydroxylation is 1. The molecule has 0 spiro atoms. The van der Waals surface area contributed by atoms with Gasteiger partial charge in [0.2, 0.25) is 0 Å². The van der Waals surface area contributed by atoms with Crippen molar-refractivity contribution in [3.63, 3.8) is 0 Å². The van der Waals surface area contributed by atoms with Crippen LogP contribution in [0.3, 0.4) is 0 Å². The lowest BCUT2D eigenvalue weighted by atomic mass is 10.2. The van der Waals surface area contributed by atoms with Gasteiger partial charge in [-0.15, -0.1) is 0 Å². The van der Waals surface area contributed by atoms with Gasteiger partial charge in [-0.2, -0.15) is 0 Å². The van der Waals surface area contributed by atoms with Crippen LogP contribution in [0.15, 0.2) is 18.2 Å². The molecule has 1 radical (unpaired) electrons. The Labute approximate surface area is 88.8 Å². The lowest BCUT2D eigenvalue weighted by Crippen LogP contribution is -1.98. The van der Waals surface area contributed by atoms with E-state index in [4.69, 9.17) is 16.3 Å². The average molecular weight is 212 g/mol. The second-order valence-electron chi connectivity index (χ2n) is 3.01. The normalized spacial score (nSPS) is 9.86. The van der Waals surface area contributed by atoms with Gasteiger partial charge >= 0.3 is 0 Å². The van der Waals surface area contributed by atoms with Gasteiger partial charge in [-0.1, -0.05) is 11.6 Å². The van der Waals surface area contributed by atoms with Crippen LogP contribution in [0.25, 0.3) is 0 Å². The highest BCUT2D eigenvalue weighted by Crippen LogP contribution is 2.21. The minimum absolute atomic E-state index is 0.423. The number of rotatable bonds is 5. The van der Waals surface area contributed by atoms with Crippen molar-refractivity contribution in [3.05, 3.63) is 28.8 Å². The Kier molecular flexibility index (Phi) is 4.47. The molecule has 0 aromatic heterocycles. The molecule has 0 fully saturated rings. The number of hydrogen-bond acceptors (Lipinski definition) is 2. The Morgan fingerprint density at radius 3 is 2.93 bits per heavy atom. The molecular formula is C11H12ClO2. The second kappa shape index (κ2) is 5.66. The third-order valence-electron chi connectivity index (χ3n) is 1.82. The van der Waals surface area contributed by atoms with Crippen LogP contribution in [-0.2, 0) is 4.79 Å². The molecular weight excluding hydrogens is 200 g/mol. The lowest BCUT2D eigenvalue weighted by molar-refractivity contribution is 0.310. The first kappa shape index (κ1) is 11.1. The summed E-state index contributed by atoms with van der Waals surface area (Å²) in [5.41, 5.74) is 1.01. The fraction of sp³-hybridized carbons (Fsp3) is 0.364. The van der Waals surface area contributed by atoms with E-state index in [1.807, 2.05) is 25.3 Å². The molecule has 0 bridgehead atoms. The Balaban J connectivity index is 2.46. The summed E-state index contributed by atoms with van der Waals surface area (Å²) < 4.78 is 5.46. The van der Waals surface area contributed by atoms with Crippen LogP contribution in [0.2, 0.25) is 5.02 Å². The van der Waals surface area contributed by atoms with Crippen molar-refractivity contribution in [2.75, 3.05) is 6.61 Å². The Hall–Kier alpha value is -1.02. The highest BCUT2D eigenvalue weighted by Gasteiger charge is 1.99. The molecule has 0 amide bonds. The first-order valence-corrected chi connectivity index (χ1v) is 4.86. The summed E-state index contributed by atoms with van der Waals surface area (Å²) in [5.74, 6) is 0.820. The summed E-state index contributed by atoms with van der Waals surface area (Å²) in [5, 5.41) is 0.705. The molecule has 0 aliphatic carbocycles. The van der Waals surface area contributed by atoms with Crippen LogP contribution in [0.5, 0.6) is 5.75 Å². The van der Waals surface area contributed by atoms with Crippen molar-refractivity contribution >= 4 is 17.9 Å². The smallest absolute Gasteiger partial charge is 0.198 e. The number of hydrogen-bond donors (Lipinski definition) is 0. The Morgan fingerprint density at radius 1 is 1.50 bits per heavy atom. The topological polar surface area (TPSA) is 26.3 Å². The van der Waals surface area contributed by atoms with Crippen LogP contribution >= 0.6 is 11.6 Å². The standard InChI is InChI=1S/C11H12ClO2/c1-9-8-10(12)4-5-11(9)14-7-3-2-6-13/h4-5,8H,2-3,7H2,1H3. The minimum atomic E-state index is 0.423. The third kappa shape index (κ3) is 3.38. The molecule has 0 atom stereocenters. The fourth-order valence-electron chi connectivity index (χ4n) is 1.10. The summed E-state index contributed by atoms with van der Waals surface area (Å²) in [6.45, 7) is 2.48. The van der Waals surface area contributed by atoms with E-state index in [0.717, 1.165) is 11.3 Å². The average Bonchev–Trinajstić information content (AvgIpc) is 2.15. The maximum atomic E-state index is 9.93. The van der Waals surface area contributed by atoms with Crippen molar-refractivity contribution in [2.45, 2.75) is 19.8 Å². The monoisotopic (exact) mass is 211 g/mol. The van der Waals surface area contributed by atoms with Gasteiger partial charge in [-0.05, 0) is 37.1 Å². The van der Waals surface area contributed by atoms with Crippen LogP contribution in [0.1, 0.15) is 18.4 Å². The number of unbranched alkanes of at least 4 members (excludes halogenated alkanes) is 1. The molecule has 0 N–H and O–H groups in total. The molecule has 1 rings (SSSR count). The van der Waals surface area contributed by atoms with E-state index in [1.54, 1.807) is 6.07 Å². The predicted octanol–water partition coefficient (Wildman–Crippen LogP) is 2.92. The zero-order valence-electron chi connectivity index (χ0n) is 8.05. The van der Waals surface area contributed by atoms with Crippen molar-refractivity contribution in [1.29, 1.82) is 0 Å². The summed E-state index contributed by atoms with van der Waals surface area (Å²) in [6, 6.07) is 5.47. The summed E-state index contributed by atoms with van der Waals surface area (Å²) in [4.78, 5) is 9.93. The van der Waals surface area contributed by atoms with Crippen LogP contribution in [0.4, 0.5) is 0 Å². The van der Waals surface area contributed by atoms with Crippen molar-refractivity contribution in [1.82, 2.24) is 0 Å². The zero-order chi connectivity index (χ0) is 10.4. The molecule has 0 heterocycles. The predicted molar refractivity (Wildman–Crippen MR) is 56.6 cm³/mol. The maximum Gasteiger partial charge on any atom is 0.198 e. The van der Waals surface area contributed by atoms with Crippen LogP contribution in [-0.4, -0.2) is 12.9 Å². The SMILES string of the molecule is Cc1cc(Cl)ccc1OCCC[C]=O. The first-order valence-electron chi connectivity index (χ1n) is 4.48. The van der Waals surface area contributed by atoms with E-state index in [-0.39, 0.29) is 0 Å². The summed E-state index contributed by atoms with van der Waals surface area (Å²) in [6.07, 6.45) is 2.95. The van der Waals surface area contributed by atoms with E-state index in [9.17, 15) is 4.79 Å². The lowest BCUT2D eigenvalue weighted by Gasteiger charge is -2.07. The molecule has 0 saturated heterocycles. The highest BCUT2D eigenvalue weighted by atomic mass is 35.5. The summed E-state index contributed by atoms with van der Waals surface area (Å²) >= 11 is 5.79. The van der Waals surface area contributed by atoms with Crippen molar-refractivity contribution in [3.8, 4) is 5.75 Å². The van der Waals surface area contributed by atoms with E-state index < -0.39 is 0 Å². The number of benzene rings is 1. The molecule has 3 heteroatoms. The number of ether oxygens (including phenoxy) is 1. The molecule has 0 aliphatic heterocycles. The van der Waals surface area contributed by atoms with Gasteiger partial charge in [0.25, 0.3) is 0 Å². The van der Waals surface area contributed by atoms with E-state index in [0.29, 0.717) is 24.5 Å². The van der Waals surface area contributed by atoms with Gasteiger partial charge in [-0.3, -0.25) is 4.79 Å². The van der Waals surface area contributed by atoms with Gasteiger partial charge in [-0.25, -0.2) is 0 Å². The minimum Gasteiger partial charge on any atom is -0.493 e. The number of halogens is 1. The van der Waals surface area contributed by atoms with Gasteiger partial charge in [0.1, 0.15) is 5.75 Å². The molecule has 14 heavy (non-hydrogen) atoms. The van der Waals surface area contributed by atoms with Gasteiger partial charge in [0.15, 0.2) is 6.29 Å².